The molecule has 0 fully saturated rings. The van der Waals surface area contributed by atoms with Gasteiger partial charge in [-0.05, 0) is 37.8 Å². The molecule has 2 heteroatoms. The number of methoxy groups -OCH3 is 1. The normalized spacial score (nSPS) is 14.4. The van der Waals surface area contributed by atoms with Crippen molar-refractivity contribution in [2.24, 2.45) is 0 Å². The van der Waals surface area contributed by atoms with E-state index >= 15 is 0 Å². The fourth-order valence-electron chi connectivity index (χ4n) is 2.00. The van der Waals surface area contributed by atoms with E-state index in [4.69, 9.17) is 4.74 Å². The lowest BCUT2D eigenvalue weighted by Crippen LogP contribution is -2.24. The summed E-state index contributed by atoms with van der Waals surface area (Å²) in [4.78, 5) is 0. The second-order valence-corrected chi connectivity index (χ2v) is 4.91. The minimum atomic E-state index is -0.559. The molecule has 1 aromatic rings. The summed E-state index contributed by atoms with van der Waals surface area (Å²) in [5.41, 5.74) is 0.614. The number of aliphatic hydroxyl groups is 1. The van der Waals surface area contributed by atoms with E-state index in [0.717, 1.165) is 37.9 Å². The molecule has 0 aliphatic carbocycles. The number of hydrogen-bond acceptors (Lipinski definition) is 2. The number of para-hydroxylation sites is 1. The number of ether oxygens (including phenoxy) is 1. The second-order valence-electron chi connectivity index (χ2n) is 4.91. The zero-order chi connectivity index (χ0) is 12.7. The third kappa shape index (κ3) is 4.78. The number of hydrogen-bond donors (Lipinski definition) is 1. The van der Waals surface area contributed by atoms with Gasteiger partial charge in [0, 0.05) is 0 Å². The van der Waals surface area contributed by atoms with Crippen molar-refractivity contribution in [1.82, 2.24) is 0 Å². The number of rotatable bonds is 7. The molecule has 0 amide bonds. The van der Waals surface area contributed by atoms with Gasteiger partial charge in [-0.1, -0.05) is 38.0 Å². The van der Waals surface area contributed by atoms with Gasteiger partial charge in [0.1, 0.15) is 5.75 Å². The Bertz CT molecular complexity index is 331. The highest BCUT2D eigenvalue weighted by Gasteiger charge is 2.19. The largest absolute Gasteiger partial charge is 0.496 e. The van der Waals surface area contributed by atoms with Crippen LogP contribution in [0.25, 0.3) is 0 Å². The zero-order valence-electron chi connectivity index (χ0n) is 11.2. The minimum Gasteiger partial charge on any atom is -0.496 e. The van der Waals surface area contributed by atoms with Crippen LogP contribution in [0.1, 0.15) is 45.1 Å². The molecule has 0 spiro atoms. The molecule has 0 aromatic heterocycles. The van der Waals surface area contributed by atoms with E-state index in [1.807, 2.05) is 25.1 Å². The Morgan fingerprint density at radius 1 is 1.24 bits per heavy atom. The van der Waals surface area contributed by atoms with Crippen LogP contribution in [0.5, 0.6) is 5.75 Å². The summed E-state index contributed by atoms with van der Waals surface area (Å²) < 4.78 is 5.31. The first-order valence-electron chi connectivity index (χ1n) is 6.43. The second kappa shape index (κ2) is 6.65. The zero-order valence-corrected chi connectivity index (χ0v) is 11.2. The smallest absolute Gasteiger partial charge is 0.122 e. The molecule has 0 aliphatic rings. The van der Waals surface area contributed by atoms with Crippen molar-refractivity contribution in [3.8, 4) is 5.75 Å². The van der Waals surface area contributed by atoms with Crippen molar-refractivity contribution >= 4 is 0 Å². The van der Waals surface area contributed by atoms with Crippen LogP contribution in [-0.4, -0.2) is 17.8 Å². The molecule has 0 bridgehead atoms. The van der Waals surface area contributed by atoms with Gasteiger partial charge in [0.2, 0.25) is 0 Å². The maximum absolute atomic E-state index is 10.2. The van der Waals surface area contributed by atoms with Gasteiger partial charge in [-0.2, -0.15) is 0 Å². The molecule has 1 aromatic carbocycles. The van der Waals surface area contributed by atoms with Gasteiger partial charge in [0.05, 0.1) is 12.7 Å². The van der Waals surface area contributed by atoms with Crippen LogP contribution in [0.2, 0.25) is 0 Å². The molecule has 17 heavy (non-hydrogen) atoms. The predicted molar refractivity (Wildman–Crippen MR) is 71.5 cm³/mol. The van der Waals surface area contributed by atoms with E-state index in [9.17, 15) is 5.11 Å². The molecular weight excluding hydrogens is 212 g/mol. The number of unbranched alkanes of at least 4 members (excludes halogenated alkanes) is 1. The SMILES string of the molecule is CCCCC(C)(O)CCc1ccccc1OC. The fourth-order valence-corrected chi connectivity index (χ4v) is 2.00. The molecular formula is C15H24O2. The van der Waals surface area contributed by atoms with E-state index in [2.05, 4.69) is 13.0 Å². The third-order valence-corrected chi connectivity index (χ3v) is 3.19. The van der Waals surface area contributed by atoms with Crippen molar-refractivity contribution in [2.75, 3.05) is 7.11 Å². The summed E-state index contributed by atoms with van der Waals surface area (Å²) in [7, 11) is 1.69. The fraction of sp³-hybridized carbons (Fsp3) is 0.600. The summed E-state index contributed by atoms with van der Waals surface area (Å²) in [5, 5.41) is 10.2. The summed E-state index contributed by atoms with van der Waals surface area (Å²) >= 11 is 0. The van der Waals surface area contributed by atoms with Gasteiger partial charge in [0.15, 0.2) is 0 Å². The lowest BCUT2D eigenvalue weighted by molar-refractivity contribution is 0.0399. The summed E-state index contributed by atoms with van der Waals surface area (Å²) in [5.74, 6) is 0.916. The molecule has 1 unspecified atom stereocenters. The number of aryl methyl sites for hydroxylation is 1. The summed E-state index contributed by atoms with van der Waals surface area (Å²) in [6.07, 6.45) is 4.73. The van der Waals surface area contributed by atoms with E-state index in [1.54, 1.807) is 7.11 Å². The van der Waals surface area contributed by atoms with Crippen LogP contribution < -0.4 is 4.74 Å². The molecule has 0 radical (unpaired) electrons. The van der Waals surface area contributed by atoms with Gasteiger partial charge in [0.25, 0.3) is 0 Å². The Kier molecular flexibility index (Phi) is 5.49. The van der Waals surface area contributed by atoms with Gasteiger partial charge in [-0.3, -0.25) is 0 Å². The van der Waals surface area contributed by atoms with Gasteiger partial charge in [-0.15, -0.1) is 0 Å². The number of benzene rings is 1. The maximum atomic E-state index is 10.2. The Balaban J connectivity index is 2.54. The van der Waals surface area contributed by atoms with Crippen molar-refractivity contribution in [3.05, 3.63) is 29.8 Å². The highest BCUT2D eigenvalue weighted by molar-refractivity contribution is 5.33. The van der Waals surface area contributed by atoms with E-state index in [-0.39, 0.29) is 0 Å². The van der Waals surface area contributed by atoms with E-state index < -0.39 is 5.60 Å². The third-order valence-electron chi connectivity index (χ3n) is 3.19. The molecule has 2 nitrogen and oxygen atoms in total. The molecule has 96 valence electrons. The Morgan fingerprint density at radius 2 is 1.94 bits per heavy atom. The molecule has 1 rings (SSSR count). The average Bonchev–Trinajstić information content (AvgIpc) is 2.34. The summed E-state index contributed by atoms with van der Waals surface area (Å²) in [6.45, 7) is 4.08. The Hall–Kier alpha value is -1.02. The quantitative estimate of drug-likeness (QED) is 0.784. The lowest BCUT2D eigenvalue weighted by atomic mass is 9.91. The van der Waals surface area contributed by atoms with Crippen LogP contribution in [0.3, 0.4) is 0 Å². The van der Waals surface area contributed by atoms with Crippen molar-refractivity contribution in [3.63, 3.8) is 0 Å². The van der Waals surface area contributed by atoms with Crippen LogP contribution in [0, 0.1) is 0 Å². The first-order valence-corrected chi connectivity index (χ1v) is 6.43. The van der Waals surface area contributed by atoms with Crippen molar-refractivity contribution < 1.29 is 9.84 Å². The minimum absolute atomic E-state index is 0.559. The maximum Gasteiger partial charge on any atom is 0.122 e. The van der Waals surface area contributed by atoms with E-state index in [1.165, 1.54) is 5.56 Å². The van der Waals surface area contributed by atoms with Gasteiger partial charge >= 0.3 is 0 Å². The van der Waals surface area contributed by atoms with Gasteiger partial charge < -0.3 is 9.84 Å². The molecule has 1 atom stereocenters. The topological polar surface area (TPSA) is 29.5 Å². The average molecular weight is 236 g/mol. The monoisotopic (exact) mass is 236 g/mol. The van der Waals surface area contributed by atoms with Crippen LogP contribution in [-0.2, 0) is 6.42 Å². The van der Waals surface area contributed by atoms with Crippen molar-refractivity contribution in [1.29, 1.82) is 0 Å². The molecule has 0 saturated carbocycles. The van der Waals surface area contributed by atoms with Crippen LogP contribution in [0.4, 0.5) is 0 Å². The Morgan fingerprint density at radius 3 is 2.59 bits per heavy atom. The molecule has 1 N–H and O–H groups in total. The summed E-state index contributed by atoms with van der Waals surface area (Å²) in [6, 6.07) is 8.01. The van der Waals surface area contributed by atoms with Crippen LogP contribution >= 0.6 is 0 Å². The standard InChI is InChI=1S/C15H24O2/c1-4-5-11-15(2,16)12-10-13-8-6-7-9-14(13)17-3/h6-9,16H,4-5,10-12H2,1-3H3. The Labute approximate surface area is 105 Å². The molecule has 0 saturated heterocycles. The highest BCUT2D eigenvalue weighted by Crippen LogP contribution is 2.24. The van der Waals surface area contributed by atoms with Crippen molar-refractivity contribution in [2.45, 2.75) is 51.6 Å². The highest BCUT2D eigenvalue weighted by atomic mass is 16.5. The van der Waals surface area contributed by atoms with Crippen LogP contribution in [0.15, 0.2) is 24.3 Å². The molecule has 0 heterocycles. The van der Waals surface area contributed by atoms with E-state index in [0.29, 0.717) is 0 Å². The predicted octanol–water partition coefficient (Wildman–Crippen LogP) is 3.57. The molecule has 0 aliphatic heterocycles. The first-order chi connectivity index (χ1) is 8.09. The lowest BCUT2D eigenvalue weighted by Gasteiger charge is -2.23. The first kappa shape index (κ1) is 14.0. The van der Waals surface area contributed by atoms with Gasteiger partial charge in [-0.25, -0.2) is 0 Å².